The largest absolute Gasteiger partial charge is 0.356 e. The summed E-state index contributed by atoms with van der Waals surface area (Å²) < 4.78 is 15.7. The number of hydrogen-bond donors (Lipinski definition) is 1. The Kier molecular flexibility index (Phi) is 2.13. The Labute approximate surface area is 92.9 Å². The number of benzene rings is 1. The van der Waals surface area contributed by atoms with Gasteiger partial charge in [-0.1, -0.05) is 18.2 Å². The Bertz CT molecular complexity index is 506. The molecule has 1 atom stereocenters. The van der Waals surface area contributed by atoms with Gasteiger partial charge in [0.1, 0.15) is 5.82 Å². The molecule has 3 nitrogen and oxygen atoms in total. The third-order valence-corrected chi connectivity index (χ3v) is 2.97. The van der Waals surface area contributed by atoms with E-state index >= 15 is 0 Å². The normalized spacial score (nSPS) is 18.9. The SMILES string of the molecule is Fc1ccccc1C1CCNc2nccn21. The molecule has 1 aromatic heterocycles. The van der Waals surface area contributed by atoms with Crippen LogP contribution in [0.3, 0.4) is 0 Å². The van der Waals surface area contributed by atoms with E-state index in [9.17, 15) is 4.39 Å². The van der Waals surface area contributed by atoms with Crippen molar-refractivity contribution in [3.63, 3.8) is 0 Å². The zero-order chi connectivity index (χ0) is 11.0. The molecule has 0 fully saturated rings. The van der Waals surface area contributed by atoms with Gasteiger partial charge in [0.25, 0.3) is 0 Å². The fraction of sp³-hybridized carbons (Fsp3) is 0.250. The van der Waals surface area contributed by atoms with Crippen molar-refractivity contribution in [3.8, 4) is 0 Å². The summed E-state index contributed by atoms with van der Waals surface area (Å²) in [7, 11) is 0. The molecule has 1 aliphatic rings. The van der Waals surface area contributed by atoms with Crippen LogP contribution < -0.4 is 5.32 Å². The zero-order valence-corrected chi connectivity index (χ0v) is 8.73. The Morgan fingerprint density at radius 1 is 1.38 bits per heavy atom. The number of fused-ring (bicyclic) bond motifs is 1. The number of rotatable bonds is 1. The molecule has 0 saturated carbocycles. The van der Waals surface area contributed by atoms with Crippen LogP contribution in [0, 0.1) is 5.82 Å². The van der Waals surface area contributed by atoms with Gasteiger partial charge < -0.3 is 9.88 Å². The molecule has 0 aliphatic carbocycles. The minimum absolute atomic E-state index is 0.0555. The van der Waals surface area contributed by atoms with Gasteiger partial charge in [0.2, 0.25) is 5.95 Å². The smallest absolute Gasteiger partial charge is 0.203 e. The second-order valence-electron chi connectivity index (χ2n) is 3.91. The topological polar surface area (TPSA) is 29.9 Å². The lowest BCUT2D eigenvalue weighted by Gasteiger charge is -2.26. The number of hydrogen-bond acceptors (Lipinski definition) is 2. The van der Waals surface area contributed by atoms with Crippen LogP contribution in [0.25, 0.3) is 0 Å². The maximum absolute atomic E-state index is 13.7. The van der Waals surface area contributed by atoms with Gasteiger partial charge in [0.15, 0.2) is 0 Å². The van der Waals surface area contributed by atoms with Crippen LogP contribution in [0.5, 0.6) is 0 Å². The van der Waals surface area contributed by atoms with E-state index in [0.29, 0.717) is 0 Å². The molecule has 3 rings (SSSR count). The first-order valence-corrected chi connectivity index (χ1v) is 5.37. The first-order valence-electron chi connectivity index (χ1n) is 5.37. The quantitative estimate of drug-likeness (QED) is 0.795. The van der Waals surface area contributed by atoms with Crippen molar-refractivity contribution in [2.24, 2.45) is 0 Å². The molecular formula is C12H12FN3. The molecule has 0 bridgehead atoms. The fourth-order valence-electron chi connectivity index (χ4n) is 2.21. The first-order chi connectivity index (χ1) is 7.86. The maximum atomic E-state index is 13.7. The van der Waals surface area contributed by atoms with Gasteiger partial charge in [0.05, 0.1) is 6.04 Å². The molecule has 1 unspecified atom stereocenters. The highest BCUT2D eigenvalue weighted by molar-refractivity contribution is 5.34. The van der Waals surface area contributed by atoms with Crippen molar-refractivity contribution in [2.75, 3.05) is 11.9 Å². The molecule has 2 aromatic rings. The van der Waals surface area contributed by atoms with E-state index in [4.69, 9.17) is 0 Å². The van der Waals surface area contributed by atoms with Crippen LogP contribution in [-0.2, 0) is 0 Å². The molecule has 0 radical (unpaired) electrons. The molecule has 2 heterocycles. The number of nitrogens with zero attached hydrogens (tertiary/aromatic N) is 2. The van der Waals surface area contributed by atoms with Gasteiger partial charge in [-0.15, -0.1) is 0 Å². The third-order valence-electron chi connectivity index (χ3n) is 2.97. The maximum Gasteiger partial charge on any atom is 0.203 e. The van der Waals surface area contributed by atoms with Gasteiger partial charge >= 0.3 is 0 Å². The molecule has 0 saturated heterocycles. The number of aromatic nitrogens is 2. The monoisotopic (exact) mass is 217 g/mol. The van der Waals surface area contributed by atoms with Gasteiger partial charge in [-0.3, -0.25) is 0 Å². The fourth-order valence-corrected chi connectivity index (χ4v) is 2.21. The summed E-state index contributed by atoms with van der Waals surface area (Å²) in [5, 5.41) is 3.19. The van der Waals surface area contributed by atoms with Crippen molar-refractivity contribution in [2.45, 2.75) is 12.5 Å². The van der Waals surface area contributed by atoms with E-state index in [1.807, 2.05) is 22.9 Å². The molecule has 0 amide bonds. The summed E-state index contributed by atoms with van der Waals surface area (Å²) in [4.78, 5) is 4.19. The predicted molar refractivity (Wildman–Crippen MR) is 59.9 cm³/mol. The second-order valence-corrected chi connectivity index (χ2v) is 3.91. The van der Waals surface area contributed by atoms with Crippen LogP contribution in [0.1, 0.15) is 18.0 Å². The highest BCUT2D eigenvalue weighted by atomic mass is 19.1. The van der Waals surface area contributed by atoms with Crippen LogP contribution in [0.15, 0.2) is 36.7 Å². The van der Waals surface area contributed by atoms with Gasteiger partial charge in [-0.05, 0) is 12.5 Å². The summed E-state index contributed by atoms with van der Waals surface area (Å²) in [6.07, 6.45) is 4.50. The van der Waals surface area contributed by atoms with Gasteiger partial charge in [0, 0.05) is 24.5 Å². The predicted octanol–water partition coefficient (Wildman–Crippen LogP) is 2.43. The molecule has 82 valence electrons. The lowest BCUT2D eigenvalue weighted by molar-refractivity contribution is 0.496. The van der Waals surface area contributed by atoms with E-state index in [-0.39, 0.29) is 11.9 Å². The van der Waals surface area contributed by atoms with Crippen LogP contribution in [0.2, 0.25) is 0 Å². The minimum Gasteiger partial charge on any atom is -0.356 e. The molecule has 1 N–H and O–H groups in total. The third kappa shape index (κ3) is 1.38. The van der Waals surface area contributed by atoms with Crippen LogP contribution >= 0.6 is 0 Å². The average Bonchev–Trinajstić information content (AvgIpc) is 2.77. The standard InChI is InChI=1S/C12H12FN3/c13-10-4-2-1-3-9(10)11-5-6-14-12-15-7-8-16(11)12/h1-4,7-8,11H,5-6H2,(H,14,15). The number of halogens is 1. The highest BCUT2D eigenvalue weighted by Crippen LogP contribution is 2.29. The summed E-state index contributed by atoms with van der Waals surface area (Å²) >= 11 is 0. The van der Waals surface area contributed by atoms with Crippen molar-refractivity contribution in [1.29, 1.82) is 0 Å². The Morgan fingerprint density at radius 3 is 3.12 bits per heavy atom. The molecule has 0 spiro atoms. The zero-order valence-electron chi connectivity index (χ0n) is 8.73. The first kappa shape index (κ1) is 9.39. The Balaban J connectivity index is 2.08. The number of anilines is 1. The lowest BCUT2D eigenvalue weighted by Crippen LogP contribution is -2.24. The summed E-state index contributed by atoms with van der Waals surface area (Å²) in [6.45, 7) is 0.829. The van der Waals surface area contributed by atoms with E-state index in [2.05, 4.69) is 10.3 Å². The van der Waals surface area contributed by atoms with Crippen molar-refractivity contribution < 1.29 is 4.39 Å². The molecule has 4 heteroatoms. The Hall–Kier alpha value is -1.84. The van der Waals surface area contributed by atoms with E-state index in [1.165, 1.54) is 6.07 Å². The minimum atomic E-state index is -0.144. The van der Waals surface area contributed by atoms with Crippen LogP contribution in [0.4, 0.5) is 10.3 Å². The molecule has 16 heavy (non-hydrogen) atoms. The van der Waals surface area contributed by atoms with Crippen molar-refractivity contribution >= 4 is 5.95 Å². The summed E-state index contributed by atoms with van der Waals surface area (Å²) in [5.74, 6) is 0.675. The lowest BCUT2D eigenvalue weighted by atomic mass is 10.0. The number of imidazole rings is 1. The van der Waals surface area contributed by atoms with Crippen LogP contribution in [-0.4, -0.2) is 16.1 Å². The summed E-state index contributed by atoms with van der Waals surface area (Å²) in [5.41, 5.74) is 0.739. The van der Waals surface area contributed by atoms with Gasteiger partial charge in [-0.25, -0.2) is 9.37 Å². The Morgan fingerprint density at radius 2 is 2.25 bits per heavy atom. The molecular weight excluding hydrogens is 205 g/mol. The van der Waals surface area contributed by atoms with Crippen molar-refractivity contribution in [3.05, 3.63) is 48.0 Å². The van der Waals surface area contributed by atoms with E-state index in [0.717, 1.165) is 24.5 Å². The van der Waals surface area contributed by atoms with E-state index in [1.54, 1.807) is 12.3 Å². The van der Waals surface area contributed by atoms with Crippen molar-refractivity contribution in [1.82, 2.24) is 9.55 Å². The number of nitrogens with one attached hydrogen (secondary N) is 1. The second kappa shape index (κ2) is 3.63. The summed E-state index contributed by atoms with van der Waals surface area (Å²) in [6, 6.07) is 6.99. The van der Waals surface area contributed by atoms with E-state index < -0.39 is 0 Å². The molecule has 1 aliphatic heterocycles. The van der Waals surface area contributed by atoms with Gasteiger partial charge in [-0.2, -0.15) is 0 Å². The molecule has 1 aromatic carbocycles. The average molecular weight is 217 g/mol. The highest BCUT2D eigenvalue weighted by Gasteiger charge is 2.22.